The Labute approximate surface area is 114 Å². The van der Waals surface area contributed by atoms with Crippen LogP contribution in [0.2, 0.25) is 0 Å². The smallest absolute Gasteiger partial charge is 0.246 e. The van der Waals surface area contributed by atoms with Crippen LogP contribution in [0.3, 0.4) is 0 Å². The molecule has 1 saturated heterocycles. The standard InChI is InChI=1S/C12H22N4O2S/c1-3-13-7-11-5-4-6-16(9-11)19(17,18)12-8-14-15-10(12)2/h8,11,13H,3-7,9H2,1-2H3,(H,14,15). The number of aryl methyl sites for hydroxylation is 1. The van der Waals surface area contributed by atoms with Gasteiger partial charge in [-0.25, -0.2) is 8.42 Å². The lowest BCUT2D eigenvalue weighted by Gasteiger charge is -2.31. The molecule has 0 aromatic carbocycles. The van der Waals surface area contributed by atoms with Crippen molar-refractivity contribution in [3.63, 3.8) is 0 Å². The number of rotatable bonds is 5. The Morgan fingerprint density at radius 2 is 2.37 bits per heavy atom. The minimum absolute atomic E-state index is 0.302. The Morgan fingerprint density at radius 1 is 1.58 bits per heavy atom. The molecule has 19 heavy (non-hydrogen) atoms. The van der Waals surface area contributed by atoms with Crippen molar-refractivity contribution in [2.75, 3.05) is 26.2 Å². The van der Waals surface area contributed by atoms with Crippen LogP contribution < -0.4 is 5.32 Å². The number of nitrogens with one attached hydrogen (secondary N) is 2. The predicted molar refractivity (Wildman–Crippen MR) is 73.4 cm³/mol. The van der Waals surface area contributed by atoms with Crippen molar-refractivity contribution in [1.29, 1.82) is 0 Å². The second-order valence-electron chi connectivity index (χ2n) is 5.04. The number of sulfonamides is 1. The molecule has 1 aromatic heterocycles. The lowest BCUT2D eigenvalue weighted by Crippen LogP contribution is -2.42. The quantitative estimate of drug-likeness (QED) is 0.836. The number of hydrogen-bond donors (Lipinski definition) is 2. The first kappa shape index (κ1) is 14.5. The van der Waals surface area contributed by atoms with Gasteiger partial charge in [0.15, 0.2) is 0 Å². The zero-order valence-electron chi connectivity index (χ0n) is 11.5. The Morgan fingerprint density at radius 3 is 3.00 bits per heavy atom. The van der Waals surface area contributed by atoms with E-state index in [1.807, 2.05) is 0 Å². The molecule has 2 heterocycles. The molecule has 2 rings (SSSR count). The first-order chi connectivity index (χ1) is 9.05. The largest absolute Gasteiger partial charge is 0.317 e. The molecule has 6 nitrogen and oxygen atoms in total. The van der Waals surface area contributed by atoms with Gasteiger partial charge in [0, 0.05) is 13.1 Å². The highest BCUT2D eigenvalue weighted by atomic mass is 32.2. The Kier molecular flexibility index (Phi) is 4.59. The van der Waals surface area contributed by atoms with E-state index in [4.69, 9.17) is 0 Å². The van der Waals surface area contributed by atoms with Gasteiger partial charge < -0.3 is 5.32 Å². The molecule has 1 aliphatic heterocycles. The molecule has 2 N–H and O–H groups in total. The van der Waals surface area contributed by atoms with Gasteiger partial charge in [0.25, 0.3) is 0 Å². The monoisotopic (exact) mass is 286 g/mol. The Bertz CT molecular complexity index is 512. The van der Waals surface area contributed by atoms with E-state index in [9.17, 15) is 8.42 Å². The molecule has 0 saturated carbocycles. The van der Waals surface area contributed by atoms with Gasteiger partial charge in [0.2, 0.25) is 10.0 Å². The Balaban J connectivity index is 2.10. The summed E-state index contributed by atoms with van der Waals surface area (Å²) in [6.07, 6.45) is 3.41. The van der Waals surface area contributed by atoms with Gasteiger partial charge in [-0.15, -0.1) is 0 Å². The lowest BCUT2D eigenvalue weighted by molar-refractivity contribution is 0.261. The summed E-state index contributed by atoms with van der Waals surface area (Å²) in [5, 5.41) is 9.80. The van der Waals surface area contributed by atoms with Gasteiger partial charge in [-0.2, -0.15) is 9.40 Å². The first-order valence-electron chi connectivity index (χ1n) is 6.76. The maximum atomic E-state index is 12.5. The van der Waals surface area contributed by atoms with Crippen LogP contribution in [0.4, 0.5) is 0 Å². The zero-order chi connectivity index (χ0) is 13.9. The molecule has 1 aromatic rings. The van der Waals surface area contributed by atoms with Crippen molar-refractivity contribution in [1.82, 2.24) is 19.8 Å². The summed E-state index contributed by atoms with van der Waals surface area (Å²) in [6.45, 7) is 6.80. The molecule has 1 atom stereocenters. The van der Waals surface area contributed by atoms with Crippen LogP contribution in [-0.4, -0.2) is 49.1 Å². The molecule has 0 spiro atoms. The van der Waals surface area contributed by atoms with E-state index in [1.165, 1.54) is 6.20 Å². The van der Waals surface area contributed by atoms with Crippen LogP contribution in [0.5, 0.6) is 0 Å². The van der Waals surface area contributed by atoms with E-state index in [0.717, 1.165) is 25.9 Å². The summed E-state index contributed by atoms with van der Waals surface area (Å²) in [5.41, 5.74) is 0.605. The van der Waals surface area contributed by atoms with Crippen LogP contribution in [0, 0.1) is 12.8 Å². The highest BCUT2D eigenvalue weighted by Gasteiger charge is 2.31. The van der Waals surface area contributed by atoms with E-state index in [1.54, 1.807) is 11.2 Å². The van der Waals surface area contributed by atoms with Gasteiger partial charge in [-0.1, -0.05) is 6.92 Å². The third kappa shape index (κ3) is 3.16. The van der Waals surface area contributed by atoms with Crippen molar-refractivity contribution in [2.45, 2.75) is 31.6 Å². The van der Waals surface area contributed by atoms with Gasteiger partial charge in [0.05, 0.1) is 11.9 Å². The molecule has 1 aliphatic rings. The zero-order valence-corrected chi connectivity index (χ0v) is 12.3. The van der Waals surface area contributed by atoms with Crippen molar-refractivity contribution < 1.29 is 8.42 Å². The normalized spacial score (nSPS) is 21.7. The van der Waals surface area contributed by atoms with Crippen LogP contribution in [0.1, 0.15) is 25.5 Å². The van der Waals surface area contributed by atoms with E-state index in [-0.39, 0.29) is 0 Å². The summed E-state index contributed by atoms with van der Waals surface area (Å²) in [7, 11) is -3.40. The van der Waals surface area contributed by atoms with Crippen molar-refractivity contribution in [2.24, 2.45) is 5.92 Å². The van der Waals surface area contributed by atoms with Crippen molar-refractivity contribution >= 4 is 10.0 Å². The SMILES string of the molecule is CCNCC1CCCN(S(=O)(=O)c2cn[nH]c2C)C1. The summed E-state index contributed by atoms with van der Waals surface area (Å²) >= 11 is 0. The maximum Gasteiger partial charge on any atom is 0.246 e. The van der Waals surface area contributed by atoms with Crippen molar-refractivity contribution in [3.05, 3.63) is 11.9 Å². The van der Waals surface area contributed by atoms with Crippen LogP contribution in [0.25, 0.3) is 0 Å². The van der Waals surface area contributed by atoms with E-state index in [0.29, 0.717) is 29.6 Å². The fourth-order valence-electron chi connectivity index (χ4n) is 2.50. The number of hydrogen-bond acceptors (Lipinski definition) is 4. The number of piperidine rings is 1. The third-order valence-corrected chi connectivity index (χ3v) is 5.55. The second kappa shape index (κ2) is 6.02. The van der Waals surface area contributed by atoms with E-state index >= 15 is 0 Å². The third-order valence-electron chi connectivity index (χ3n) is 3.57. The number of aromatic amines is 1. The topological polar surface area (TPSA) is 78.1 Å². The number of aromatic nitrogens is 2. The fraction of sp³-hybridized carbons (Fsp3) is 0.750. The van der Waals surface area contributed by atoms with E-state index < -0.39 is 10.0 Å². The summed E-state index contributed by atoms with van der Waals surface area (Å²) < 4.78 is 26.7. The highest BCUT2D eigenvalue weighted by Crippen LogP contribution is 2.24. The fourth-order valence-corrected chi connectivity index (χ4v) is 4.17. The van der Waals surface area contributed by atoms with Gasteiger partial charge in [-0.3, -0.25) is 5.10 Å². The Hall–Kier alpha value is -0.920. The molecular formula is C12H22N4O2S. The molecule has 0 aliphatic carbocycles. The molecule has 0 radical (unpaired) electrons. The molecule has 108 valence electrons. The van der Waals surface area contributed by atoms with Crippen LogP contribution in [0.15, 0.2) is 11.1 Å². The molecule has 1 unspecified atom stereocenters. The molecule has 1 fully saturated rings. The molecule has 7 heteroatoms. The molecule has 0 bridgehead atoms. The second-order valence-corrected chi connectivity index (χ2v) is 6.94. The molecular weight excluding hydrogens is 264 g/mol. The minimum atomic E-state index is -3.40. The highest BCUT2D eigenvalue weighted by molar-refractivity contribution is 7.89. The summed E-state index contributed by atoms with van der Waals surface area (Å²) in [6, 6.07) is 0. The number of nitrogens with zero attached hydrogens (tertiary/aromatic N) is 2. The average Bonchev–Trinajstić information content (AvgIpc) is 2.84. The minimum Gasteiger partial charge on any atom is -0.317 e. The maximum absolute atomic E-state index is 12.5. The average molecular weight is 286 g/mol. The lowest BCUT2D eigenvalue weighted by atomic mass is 10.00. The van der Waals surface area contributed by atoms with Gasteiger partial charge in [0.1, 0.15) is 4.90 Å². The van der Waals surface area contributed by atoms with E-state index in [2.05, 4.69) is 22.4 Å². The molecule has 0 amide bonds. The summed E-state index contributed by atoms with van der Waals surface area (Å²) in [4.78, 5) is 0.302. The van der Waals surface area contributed by atoms with Crippen LogP contribution in [-0.2, 0) is 10.0 Å². The van der Waals surface area contributed by atoms with Crippen LogP contribution >= 0.6 is 0 Å². The number of H-pyrrole nitrogens is 1. The van der Waals surface area contributed by atoms with Gasteiger partial charge >= 0.3 is 0 Å². The predicted octanol–water partition coefficient (Wildman–Crippen LogP) is 0.728. The van der Waals surface area contributed by atoms with Gasteiger partial charge in [-0.05, 0) is 38.8 Å². The van der Waals surface area contributed by atoms with Crippen molar-refractivity contribution in [3.8, 4) is 0 Å². The summed E-state index contributed by atoms with van der Waals surface area (Å²) in [5.74, 6) is 0.399. The first-order valence-corrected chi connectivity index (χ1v) is 8.20.